The van der Waals surface area contributed by atoms with Crippen molar-refractivity contribution in [2.75, 3.05) is 6.54 Å². The average molecular weight is 273 g/mol. The molecule has 1 N–H and O–H groups in total. The van der Waals surface area contributed by atoms with Crippen LogP contribution in [-0.2, 0) is 5.41 Å². The zero-order valence-corrected chi connectivity index (χ0v) is 12.8. The van der Waals surface area contributed by atoms with Crippen LogP contribution in [0.5, 0.6) is 0 Å². The van der Waals surface area contributed by atoms with Crippen molar-refractivity contribution in [3.63, 3.8) is 0 Å². The van der Waals surface area contributed by atoms with Crippen molar-refractivity contribution < 1.29 is 0 Å². The smallest absolute Gasteiger partial charge is 0.0421 e. The van der Waals surface area contributed by atoms with Crippen LogP contribution in [0.25, 0.3) is 0 Å². The molecule has 2 rings (SSSR count). The van der Waals surface area contributed by atoms with Crippen molar-refractivity contribution in [2.45, 2.75) is 38.6 Å². The fraction of sp³-hybridized carbons (Fsp3) is 0.412. The van der Waals surface area contributed by atoms with Gasteiger partial charge in [0.05, 0.1) is 0 Å². The van der Waals surface area contributed by atoms with Crippen molar-refractivity contribution >= 4 is 11.3 Å². The Bertz CT molecular complexity index is 473. The molecule has 2 heteroatoms. The topological polar surface area (TPSA) is 12.0 Å². The van der Waals surface area contributed by atoms with Crippen LogP contribution in [-0.4, -0.2) is 6.54 Å². The SMILES string of the molecule is CCCNC(c1ccsc1)C(C)(C)c1ccccc1. The standard InChI is InChI=1S/C17H23NS/c1-4-11-18-16(14-10-12-19-13-14)17(2,3)15-8-6-5-7-9-15/h5-10,12-13,16,18H,4,11H2,1-3H3. The van der Waals surface area contributed by atoms with Gasteiger partial charge in [-0.15, -0.1) is 0 Å². The van der Waals surface area contributed by atoms with E-state index in [1.807, 2.05) is 0 Å². The van der Waals surface area contributed by atoms with Gasteiger partial charge in [0.2, 0.25) is 0 Å². The molecule has 0 aliphatic heterocycles. The van der Waals surface area contributed by atoms with Crippen LogP contribution in [0.2, 0.25) is 0 Å². The van der Waals surface area contributed by atoms with Crippen molar-refractivity contribution in [3.05, 3.63) is 58.3 Å². The molecule has 1 unspecified atom stereocenters. The molecular formula is C17H23NS. The summed E-state index contributed by atoms with van der Waals surface area (Å²) in [4.78, 5) is 0. The van der Waals surface area contributed by atoms with Gasteiger partial charge in [-0.3, -0.25) is 0 Å². The molecule has 1 aromatic carbocycles. The van der Waals surface area contributed by atoms with Crippen LogP contribution < -0.4 is 5.32 Å². The first-order valence-electron chi connectivity index (χ1n) is 6.97. The lowest BCUT2D eigenvalue weighted by atomic mass is 9.75. The average Bonchev–Trinajstić information content (AvgIpc) is 2.94. The number of benzene rings is 1. The monoisotopic (exact) mass is 273 g/mol. The van der Waals surface area contributed by atoms with Crippen LogP contribution in [0.15, 0.2) is 47.2 Å². The van der Waals surface area contributed by atoms with E-state index in [0.717, 1.165) is 13.0 Å². The second kappa shape index (κ2) is 6.36. The van der Waals surface area contributed by atoms with E-state index in [2.05, 4.69) is 73.2 Å². The predicted octanol–water partition coefficient (Wildman–Crippen LogP) is 4.77. The maximum atomic E-state index is 3.72. The Labute approximate surface area is 120 Å². The minimum Gasteiger partial charge on any atom is -0.309 e. The van der Waals surface area contributed by atoms with E-state index in [-0.39, 0.29) is 5.41 Å². The van der Waals surface area contributed by atoms with Crippen LogP contribution >= 0.6 is 11.3 Å². The van der Waals surface area contributed by atoms with E-state index < -0.39 is 0 Å². The molecule has 1 nitrogen and oxygen atoms in total. The van der Waals surface area contributed by atoms with Crippen LogP contribution in [0.1, 0.15) is 44.4 Å². The number of thiophene rings is 1. The summed E-state index contributed by atoms with van der Waals surface area (Å²) in [7, 11) is 0. The highest BCUT2D eigenvalue weighted by Crippen LogP contribution is 2.37. The molecule has 1 aromatic heterocycles. The molecule has 1 heterocycles. The molecule has 102 valence electrons. The molecule has 0 saturated carbocycles. The van der Waals surface area contributed by atoms with Gasteiger partial charge in [0, 0.05) is 11.5 Å². The molecule has 0 aliphatic carbocycles. The van der Waals surface area contributed by atoms with Gasteiger partial charge in [-0.25, -0.2) is 0 Å². The number of nitrogens with one attached hydrogen (secondary N) is 1. The van der Waals surface area contributed by atoms with Crippen LogP contribution in [0.4, 0.5) is 0 Å². The second-order valence-corrected chi connectivity index (χ2v) is 6.31. The largest absolute Gasteiger partial charge is 0.309 e. The normalized spacial score (nSPS) is 13.4. The van der Waals surface area contributed by atoms with Gasteiger partial charge in [0.25, 0.3) is 0 Å². The number of hydrogen-bond donors (Lipinski definition) is 1. The summed E-state index contributed by atoms with van der Waals surface area (Å²) in [6, 6.07) is 13.4. The minimum absolute atomic E-state index is 0.0809. The molecule has 0 saturated heterocycles. The van der Waals surface area contributed by atoms with Crippen molar-refractivity contribution in [3.8, 4) is 0 Å². The van der Waals surface area contributed by atoms with Crippen molar-refractivity contribution in [1.82, 2.24) is 5.32 Å². The highest BCUT2D eigenvalue weighted by atomic mass is 32.1. The third-order valence-electron chi connectivity index (χ3n) is 3.71. The zero-order chi connectivity index (χ0) is 13.7. The van der Waals surface area contributed by atoms with Crippen LogP contribution in [0.3, 0.4) is 0 Å². The first-order valence-corrected chi connectivity index (χ1v) is 7.91. The molecule has 0 bridgehead atoms. The third-order valence-corrected chi connectivity index (χ3v) is 4.42. The molecule has 0 fully saturated rings. The van der Waals surface area contributed by atoms with Gasteiger partial charge in [-0.2, -0.15) is 11.3 Å². The Hall–Kier alpha value is -1.12. The summed E-state index contributed by atoms with van der Waals surface area (Å²) in [5.41, 5.74) is 2.86. The van der Waals surface area contributed by atoms with E-state index >= 15 is 0 Å². The van der Waals surface area contributed by atoms with E-state index in [4.69, 9.17) is 0 Å². The Morgan fingerprint density at radius 1 is 1.16 bits per heavy atom. The van der Waals surface area contributed by atoms with Crippen LogP contribution in [0, 0.1) is 0 Å². The molecule has 1 atom stereocenters. The Morgan fingerprint density at radius 2 is 1.89 bits per heavy atom. The molecule has 0 aliphatic rings. The molecule has 0 amide bonds. The zero-order valence-electron chi connectivity index (χ0n) is 12.0. The molecule has 19 heavy (non-hydrogen) atoms. The molecule has 0 spiro atoms. The molecule has 2 aromatic rings. The quantitative estimate of drug-likeness (QED) is 0.799. The summed E-state index contributed by atoms with van der Waals surface area (Å²) in [6.45, 7) is 7.92. The van der Waals surface area contributed by atoms with Crippen molar-refractivity contribution in [2.24, 2.45) is 0 Å². The Morgan fingerprint density at radius 3 is 2.47 bits per heavy atom. The maximum absolute atomic E-state index is 3.72. The van der Waals surface area contributed by atoms with Gasteiger partial charge >= 0.3 is 0 Å². The second-order valence-electron chi connectivity index (χ2n) is 5.53. The number of rotatable bonds is 6. The summed E-state index contributed by atoms with van der Waals surface area (Å²) < 4.78 is 0. The van der Waals surface area contributed by atoms with Crippen molar-refractivity contribution in [1.29, 1.82) is 0 Å². The summed E-state index contributed by atoms with van der Waals surface area (Å²) >= 11 is 1.77. The summed E-state index contributed by atoms with van der Waals surface area (Å²) in [6.07, 6.45) is 1.16. The highest BCUT2D eigenvalue weighted by molar-refractivity contribution is 7.07. The minimum atomic E-state index is 0.0809. The van der Waals surface area contributed by atoms with Gasteiger partial charge in [-0.05, 0) is 40.9 Å². The maximum Gasteiger partial charge on any atom is 0.0421 e. The number of hydrogen-bond acceptors (Lipinski definition) is 2. The summed E-state index contributed by atoms with van der Waals surface area (Å²) in [5.74, 6) is 0. The van der Waals surface area contributed by atoms with E-state index in [0.29, 0.717) is 6.04 Å². The summed E-state index contributed by atoms with van der Waals surface area (Å²) in [5, 5.41) is 8.14. The Balaban J connectivity index is 2.31. The Kier molecular flexibility index (Phi) is 4.78. The third kappa shape index (κ3) is 3.26. The highest BCUT2D eigenvalue weighted by Gasteiger charge is 2.32. The van der Waals surface area contributed by atoms with Gasteiger partial charge < -0.3 is 5.32 Å². The molecular weight excluding hydrogens is 250 g/mol. The van der Waals surface area contributed by atoms with E-state index in [9.17, 15) is 0 Å². The van der Waals surface area contributed by atoms with Gasteiger partial charge in [0.15, 0.2) is 0 Å². The first kappa shape index (κ1) is 14.3. The van der Waals surface area contributed by atoms with Gasteiger partial charge in [-0.1, -0.05) is 51.1 Å². The predicted molar refractivity (Wildman–Crippen MR) is 84.8 cm³/mol. The first-order chi connectivity index (χ1) is 9.16. The lowest BCUT2D eigenvalue weighted by molar-refractivity contribution is 0.349. The fourth-order valence-electron chi connectivity index (χ4n) is 2.55. The fourth-order valence-corrected chi connectivity index (χ4v) is 3.24. The lowest BCUT2D eigenvalue weighted by Crippen LogP contribution is -2.37. The van der Waals surface area contributed by atoms with E-state index in [1.165, 1.54) is 11.1 Å². The lowest BCUT2D eigenvalue weighted by Gasteiger charge is -2.35. The molecule has 0 radical (unpaired) electrons. The van der Waals surface area contributed by atoms with Gasteiger partial charge in [0.1, 0.15) is 0 Å². The van der Waals surface area contributed by atoms with E-state index in [1.54, 1.807) is 11.3 Å².